The molecule has 5 heteroatoms. The minimum atomic E-state index is -0.722. The van der Waals surface area contributed by atoms with Gasteiger partial charge < -0.3 is 14.5 Å². The van der Waals surface area contributed by atoms with Crippen molar-refractivity contribution in [2.45, 2.75) is 49.8 Å². The Labute approximate surface area is 184 Å². The standard InChI is InChI=1S/C25H28N2O2.ClH/c28-24-25(20-10-4-1-5-11-20,21-12-6-2-7-13-21)18-22(29-24)19-27-17-16-26-15-9-3-8-14-23(26)27;/h1-2,4-7,10-13,16-17,22-23H,3,8-9,14-15,18-19H2;1H. The number of ether oxygens (including phenoxy) is 1. The second-order valence-electron chi connectivity index (χ2n) is 8.43. The molecule has 2 unspecified atom stereocenters. The number of carbonyl (C=O) groups is 1. The Hall–Kier alpha value is -2.46. The van der Waals surface area contributed by atoms with Gasteiger partial charge in [-0.2, -0.15) is 0 Å². The first-order valence-corrected chi connectivity index (χ1v) is 10.8. The normalized spacial score (nSPS) is 24.7. The van der Waals surface area contributed by atoms with Crippen LogP contribution in [0.15, 0.2) is 73.1 Å². The summed E-state index contributed by atoms with van der Waals surface area (Å²) in [6, 6.07) is 20.2. The fraction of sp³-hybridized carbons (Fsp3) is 0.400. The molecule has 0 aliphatic carbocycles. The highest BCUT2D eigenvalue weighted by Gasteiger charge is 2.52. The molecule has 2 aromatic carbocycles. The van der Waals surface area contributed by atoms with E-state index in [9.17, 15) is 4.79 Å². The minimum absolute atomic E-state index is 0. The molecule has 3 heterocycles. The smallest absolute Gasteiger partial charge is 0.321 e. The first-order valence-electron chi connectivity index (χ1n) is 10.8. The molecule has 0 aromatic heterocycles. The molecule has 2 aromatic rings. The van der Waals surface area contributed by atoms with E-state index in [1.807, 2.05) is 36.4 Å². The van der Waals surface area contributed by atoms with E-state index in [4.69, 9.17) is 4.74 Å². The van der Waals surface area contributed by atoms with Crippen LogP contribution in [-0.4, -0.2) is 41.1 Å². The summed E-state index contributed by atoms with van der Waals surface area (Å²) >= 11 is 0. The molecule has 0 amide bonds. The molecule has 0 radical (unpaired) electrons. The van der Waals surface area contributed by atoms with Crippen molar-refractivity contribution in [3.05, 3.63) is 84.2 Å². The zero-order valence-corrected chi connectivity index (χ0v) is 18.0. The fourth-order valence-corrected chi connectivity index (χ4v) is 5.24. The van der Waals surface area contributed by atoms with Crippen LogP contribution < -0.4 is 0 Å². The first kappa shape index (κ1) is 20.8. The average molecular weight is 425 g/mol. The van der Waals surface area contributed by atoms with Crippen molar-refractivity contribution in [2.75, 3.05) is 13.1 Å². The third kappa shape index (κ3) is 3.58. The second kappa shape index (κ2) is 8.73. The summed E-state index contributed by atoms with van der Waals surface area (Å²) < 4.78 is 6.03. The Morgan fingerprint density at radius 2 is 1.57 bits per heavy atom. The molecule has 0 bridgehead atoms. The number of rotatable bonds is 4. The molecular formula is C25H29ClN2O2. The maximum absolute atomic E-state index is 13.3. The lowest BCUT2D eigenvalue weighted by molar-refractivity contribution is -0.145. The lowest BCUT2D eigenvalue weighted by atomic mass is 9.72. The molecule has 0 N–H and O–H groups in total. The molecule has 0 saturated carbocycles. The molecule has 2 atom stereocenters. The number of carbonyl (C=O) groups excluding carboxylic acids is 1. The number of nitrogens with zero attached hydrogens (tertiary/aromatic N) is 2. The number of hydrogen-bond donors (Lipinski definition) is 0. The predicted octanol–water partition coefficient (Wildman–Crippen LogP) is 4.70. The fourth-order valence-electron chi connectivity index (χ4n) is 5.24. The van der Waals surface area contributed by atoms with Gasteiger partial charge in [0.05, 0.1) is 6.54 Å². The number of halogens is 1. The summed E-state index contributed by atoms with van der Waals surface area (Å²) in [6.07, 6.45) is 10.4. The van der Waals surface area contributed by atoms with E-state index in [1.165, 1.54) is 25.7 Å². The van der Waals surface area contributed by atoms with Crippen molar-refractivity contribution in [3.63, 3.8) is 0 Å². The van der Waals surface area contributed by atoms with Crippen molar-refractivity contribution >= 4 is 18.4 Å². The molecule has 3 aliphatic rings. The summed E-state index contributed by atoms with van der Waals surface area (Å²) in [4.78, 5) is 18.2. The van der Waals surface area contributed by atoms with Gasteiger partial charge in [-0.3, -0.25) is 4.79 Å². The molecule has 3 aliphatic heterocycles. The number of esters is 1. The monoisotopic (exact) mass is 424 g/mol. The molecule has 30 heavy (non-hydrogen) atoms. The quantitative estimate of drug-likeness (QED) is 0.666. The summed E-state index contributed by atoms with van der Waals surface area (Å²) in [5, 5.41) is 0. The van der Waals surface area contributed by atoms with E-state index < -0.39 is 5.41 Å². The molecule has 0 spiro atoms. The van der Waals surface area contributed by atoms with Crippen molar-refractivity contribution in [1.82, 2.24) is 9.80 Å². The Balaban J connectivity index is 0.00000218. The van der Waals surface area contributed by atoms with E-state index in [0.29, 0.717) is 12.6 Å². The van der Waals surface area contributed by atoms with Crippen LogP contribution in [0, 0.1) is 0 Å². The van der Waals surface area contributed by atoms with Crippen LogP contribution in [0.3, 0.4) is 0 Å². The van der Waals surface area contributed by atoms with Crippen LogP contribution in [0.2, 0.25) is 0 Å². The number of cyclic esters (lactones) is 1. The molecule has 158 valence electrons. The van der Waals surface area contributed by atoms with Crippen molar-refractivity contribution < 1.29 is 9.53 Å². The van der Waals surface area contributed by atoms with Gasteiger partial charge in [-0.15, -0.1) is 12.4 Å². The van der Waals surface area contributed by atoms with Crippen LogP contribution in [0.5, 0.6) is 0 Å². The number of benzene rings is 2. The van der Waals surface area contributed by atoms with Gasteiger partial charge in [0.1, 0.15) is 17.7 Å². The Morgan fingerprint density at radius 3 is 2.23 bits per heavy atom. The van der Waals surface area contributed by atoms with Crippen molar-refractivity contribution in [2.24, 2.45) is 0 Å². The van der Waals surface area contributed by atoms with Crippen LogP contribution in [0.4, 0.5) is 0 Å². The predicted molar refractivity (Wildman–Crippen MR) is 120 cm³/mol. The van der Waals surface area contributed by atoms with Gasteiger partial charge in [-0.1, -0.05) is 67.1 Å². The lowest BCUT2D eigenvalue weighted by Gasteiger charge is -2.32. The third-order valence-corrected chi connectivity index (χ3v) is 6.70. The zero-order valence-electron chi connectivity index (χ0n) is 17.2. The van der Waals surface area contributed by atoms with E-state index in [1.54, 1.807) is 0 Å². The lowest BCUT2D eigenvalue weighted by Crippen LogP contribution is -2.41. The van der Waals surface area contributed by atoms with Gasteiger partial charge in [0.2, 0.25) is 0 Å². The number of hydrogen-bond acceptors (Lipinski definition) is 4. The SMILES string of the molecule is Cl.O=C1OC(CN2C=CN3CCCCCC32)CC1(c1ccccc1)c1ccccc1. The number of fused-ring (bicyclic) bond motifs is 1. The average Bonchev–Trinajstić information content (AvgIpc) is 3.20. The maximum Gasteiger partial charge on any atom is 0.321 e. The van der Waals surface area contributed by atoms with Crippen molar-refractivity contribution in [1.29, 1.82) is 0 Å². The Bertz CT molecular complexity index is 847. The zero-order chi connectivity index (χ0) is 19.7. The van der Waals surface area contributed by atoms with Gasteiger partial charge in [0, 0.05) is 25.4 Å². The largest absolute Gasteiger partial charge is 0.460 e. The minimum Gasteiger partial charge on any atom is -0.460 e. The summed E-state index contributed by atoms with van der Waals surface area (Å²) in [5.74, 6) is -0.124. The molecule has 2 saturated heterocycles. The second-order valence-corrected chi connectivity index (χ2v) is 8.43. The van der Waals surface area contributed by atoms with Gasteiger partial charge in [0.25, 0.3) is 0 Å². The van der Waals surface area contributed by atoms with Crippen LogP contribution in [0.25, 0.3) is 0 Å². The first-order chi connectivity index (χ1) is 14.3. The van der Waals surface area contributed by atoms with E-state index >= 15 is 0 Å². The topological polar surface area (TPSA) is 32.8 Å². The molecular weight excluding hydrogens is 396 g/mol. The highest BCUT2D eigenvalue weighted by molar-refractivity contribution is 5.89. The highest BCUT2D eigenvalue weighted by atomic mass is 35.5. The van der Waals surface area contributed by atoms with Gasteiger partial charge in [-0.05, 0) is 30.4 Å². The van der Waals surface area contributed by atoms with E-state index in [0.717, 1.165) is 24.2 Å². The van der Waals surface area contributed by atoms with Crippen molar-refractivity contribution in [3.8, 4) is 0 Å². The summed E-state index contributed by atoms with van der Waals surface area (Å²) in [7, 11) is 0. The third-order valence-electron chi connectivity index (χ3n) is 6.70. The maximum atomic E-state index is 13.3. The van der Waals surface area contributed by atoms with Crippen LogP contribution in [0.1, 0.15) is 43.2 Å². The highest BCUT2D eigenvalue weighted by Crippen LogP contribution is 2.44. The van der Waals surface area contributed by atoms with E-state index in [2.05, 4.69) is 46.5 Å². The van der Waals surface area contributed by atoms with Gasteiger partial charge in [0.15, 0.2) is 0 Å². The molecule has 5 rings (SSSR count). The Kier molecular flexibility index (Phi) is 6.05. The van der Waals surface area contributed by atoms with E-state index in [-0.39, 0.29) is 24.5 Å². The molecule has 2 fully saturated rings. The van der Waals surface area contributed by atoms with Gasteiger partial charge in [-0.25, -0.2) is 0 Å². The van der Waals surface area contributed by atoms with Crippen LogP contribution >= 0.6 is 12.4 Å². The Morgan fingerprint density at radius 1 is 0.900 bits per heavy atom. The van der Waals surface area contributed by atoms with Gasteiger partial charge >= 0.3 is 5.97 Å². The van der Waals surface area contributed by atoms with Crippen LogP contribution in [-0.2, 0) is 14.9 Å². The summed E-state index contributed by atoms with van der Waals surface area (Å²) in [5.41, 5.74) is 1.32. The summed E-state index contributed by atoms with van der Waals surface area (Å²) in [6.45, 7) is 1.88. The molecule has 4 nitrogen and oxygen atoms in total.